The van der Waals surface area contributed by atoms with Crippen LogP contribution in [0.2, 0.25) is 5.15 Å². The molecule has 2 aromatic heterocycles. The fourth-order valence-electron chi connectivity index (χ4n) is 1.44. The highest BCUT2D eigenvalue weighted by Crippen LogP contribution is 2.27. The van der Waals surface area contributed by atoms with Crippen molar-refractivity contribution in [2.75, 3.05) is 11.1 Å². The topological polar surface area (TPSA) is 76.7 Å². The number of rotatable bonds is 4. The molecule has 2 aromatic rings. The number of anilines is 2. The SMILES string of the molecule is CCc1cnc(C(C)Nc2ncnc(Cl)c2N)s1. The third-order valence-corrected chi connectivity index (χ3v) is 4.10. The molecule has 0 radical (unpaired) electrons. The third-order valence-electron chi connectivity index (χ3n) is 2.48. The molecule has 3 N–H and O–H groups in total. The average molecular weight is 284 g/mol. The molecule has 5 nitrogen and oxygen atoms in total. The molecule has 0 bridgehead atoms. The maximum atomic E-state index is 5.84. The number of hydrogen-bond donors (Lipinski definition) is 2. The third kappa shape index (κ3) is 2.70. The summed E-state index contributed by atoms with van der Waals surface area (Å²) in [5.74, 6) is 0.538. The van der Waals surface area contributed by atoms with E-state index in [0.717, 1.165) is 11.4 Å². The number of hydrogen-bond acceptors (Lipinski definition) is 6. The number of aryl methyl sites for hydroxylation is 1. The summed E-state index contributed by atoms with van der Waals surface area (Å²) in [6.07, 6.45) is 4.27. The van der Waals surface area contributed by atoms with Gasteiger partial charge in [-0.05, 0) is 13.3 Å². The van der Waals surface area contributed by atoms with Gasteiger partial charge in [0.05, 0.1) is 6.04 Å². The van der Waals surface area contributed by atoms with Crippen LogP contribution in [-0.4, -0.2) is 15.0 Å². The lowest BCUT2D eigenvalue weighted by Gasteiger charge is -2.13. The minimum absolute atomic E-state index is 0.0311. The first-order chi connectivity index (χ1) is 8.61. The Morgan fingerprint density at radius 3 is 2.89 bits per heavy atom. The van der Waals surface area contributed by atoms with Crippen LogP contribution in [0.1, 0.15) is 29.8 Å². The number of nitrogen functional groups attached to an aromatic ring is 1. The summed E-state index contributed by atoms with van der Waals surface area (Å²) < 4.78 is 0. The molecule has 7 heteroatoms. The summed E-state index contributed by atoms with van der Waals surface area (Å²) in [5.41, 5.74) is 6.16. The van der Waals surface area contributed by atoms with Crippen LogP contribution in [0, 0.1) is 0 Å². The summed E-state index contributed by atoms with van der Waals surface area (Å²) in [6, 6.07) is 0.0311. The first-order valence-electron chi connectivity index (χ1n) is 5.59. The van der Waals surface area contributed by atoms with Crippen LogP contribution in [0.15, 0.2) is 12.5 Å². The van der Waals surface area contributed by atoms with Crippen molar-refractivity contribution in [3.8, 4) is 0 Å². The molecule has 0 aliphatic heterocycles. The van der Waals surface area contributed by atoms with Gasteiger partial charge in [-0.25, -0.2) is 15.0 Å². The monoisotopic (exact) mass is 283 g/mol. The van der Waals surface area contributed by atoms with Gasteiger partial charge in [0.2, 0.25) is 0 Å². The normalized spacial score (nSPS) is 12.4. The van der Waals surface area contributed by atoms with Crippen LogP contribution < -0.4 is 11.1 Å². The molecule has 2 rings (SSSR count). The van der Waals surface area contributed by atoms with Crippen LogP contribution in [0.5, 0.6) is 0 Å². The zero-order valence-electron chi connectivity index (χ0n) is 10.1. The van der Waals surface area contributed by atoms with E-state index in [2.05, 4.69) is 27.2 Å². The number of nitrogens with one attached hydrogen (secondary N) is 1. The van der Waals surface area contributed by atoms with E-state index in [1.54, 1.807) is 11.3 Å². The molecule has 0 aromatic carbocycles. The zero-order chi connectivity index (χ0) is 13.1. The first kappa shape index (κ1) is 13.0. The molecule has 0 spiro atoms. The van der Waals surface area contributed by atoms with Gasteiger partial charge in [-0.1, -0.05) is 18.5 Å². The van der Waals surface area contributed by atoms with Gasteiger partial charge in [0.15, 0.2) is 11.0 Å². The highest BCUT2D eigenvalue weighted by Gasteiger charge is 2.13. The van der Waals surface area contributed by atoms with E-state index < -0.39 is 0 Å². The second-order valence-electron chi connectivity index (χ2n) is 3.81. The van der Waals surface area contributed by atoms with Crippen molar-refractivity contribution in [2.45, 2.75) is 26.3 Å². The number of thiazole rings is 1. The van der Waals surface area contributed by atoms with E-state index in [0.29, 0.717) is 11.5 Å². The van der Waals surface area contributed by atoms with Gasteiger partial charge in [0.25, 0.3) is 0 Å². The highest BCUT2D eigenvalue weighted by molar-refractivity contribution is 7.11. The molecule has 1 atom stereocenters. The van der Waals surface area contributed by atoms with Crippen molar-refractivity contribution in [2.24, 2.45) is 0 Å². The van der Waals surface area contributed by atoms with E-state index in [1.165, 1.54) is 11.2 Å². The van der Waals surface area contributed by atoms with E-state index in [-0.39, 0.29) is 11.2 Å². The molecular formula is C11H14ClN5S. The lowest BCUT2D eigenvalue weighted by Crippen LogP contribution is -2.10. The molecule has 0 amide bonds. The number of halogens is 1. The summed E-state index contributed by atoms with van der Waals surface area (Å²) in [6.45, 7) is 4.12. The van der Waals surface area contributed by atoms with Crippen molar-refractivity contribution >= 4 is 34.4 Å². The van der Waals surface area contributed by atoms with Crippen LogP contribution in [0.25, 0.3) is 0 Å². The van der Waals surface area contributed by atoms with Gasteiger partial charge < -0.3 is 11.1 Å². The molecule has 1 unspecified atom stereocenters. The van der Waals surface area contributed by atoms with Gasteiger partial charge in [-0.2, -0.15) is 0 Å². The molecule has 0 saturated heterocycles. The number of aromatic nitrogens is 3. The van der Waals surface area contributed by atoms with Crippen molar-refractivity contribution < 1.29 is 0 Å². The standard InChI is InChI=1S/C11H14ClN5S/c1-3-7-4-14-11(18-7)6(2)17-10-8(13)9(12)15-5-16-10/h4-6H,3,13H2,1-2H3,(H,15,16,17). The van der Waals surface area contributed by atoms with Crippen molar-refractivity contribution in [3.05, 3.63) is 27.6 Å². The molecule has 18 heavy (non-hydrogen) atoms. The van der Waals surface area contributed by atoms with Gasteiger partial charge in [0.1, 0.15) is 17.0 Å². The Morgan fingerprint density at radius 1 is 1.44 bits per heavy atom. The second-order valence-corrected chi connectivity index (χ2v) is 5.32. The van der Waals surface area contributed by atoms with Crippen LogP contribution in [-0.2, 0) is 6.42 Å². The molecule has 2 heterocycles. The second kappa shape index (κ2) is 5.49. The lowest BCUT2D eigenvalue weighted by atomic mass is 10.3. The quantitative estimate of drug-likeness (QED) is 0.844. The average Bonchev–Trinajstić information content (AvgIpc) is 2.83. The minimum atomic E-state index is 0.0311. The Kier molecular flexibility index (Phi) is 3.98. The lowest BCUT2D eigenvalue weighted by molar-refractivity contribution is 0.859. The van der Waals surface area contributed by atoms with E-state index in [1.807, 2.05) is 13.1 Å². The highest BCUT2D eigenvalue weighted by atomic mass is 35.5. The summed E-state index contributed by atoms with van der Waals surface area (Å²) in [4.78, 5) is 13.5. The van der Waals surface area contributed by atoms with E-state index in [9.17, 15) is 0 Å². The Balaban J connectivity index is 2.15. The van der Waals surface area contributed by atoms with E-state index >= 15 is 0 Å². The molecule has 0 fully saturated rings. The predicted octanol–water partition coefficient (Wildman–Crippen LogP) is 2.90. The van der Waals surface area contributed by atoms with Crippen molar-refractivity contribution in [1.82, 2.24) is 15.0 Å². The van der Waals surface area contributed by atoms with Gasteiger partial charge in [-0.3, -0.25) is 0 Å². The molecule has 0 saturated carbocycles. The number of nitrogens with zero attached hydrogens (tertiary/aromatic N) is 3. The van der Waals surface area contributed by atoms with Crippen LogP contribution in [0.4, 0.5) is 11.5 Å². The van der Waals surface area contributed by atoms with Crippen molar-refractivity contribution in [1.29, 1.82) is 0 Å². The maximum Gasteiger partial charge on any atom is 0.157 e. The minimum Gasteiger partial charge on any atom is -0.393 e. The fraction of sp³-hybridized carbons (Fsp3) is 0.364. The Bertz CT molecular complexity index is 542. The van der Waals surface area contributed by atoms with Crippen molar-refractivity contribution in [3.63, 3.8) is 0 Å². The fourth-order valence-corrected chi connectivity index (χ4v) is 2.43. The largest absolute Gasteiger partial charge is 0.393 e. The van der Waals surface area contributed by atoms with Crippen LogP contribution >= 0.6 is 22.9 Å². The Labute approximate surface area is 114 Å². The first-order valence-corrected chi connectivity index (χ1v) is 6.78. The molecular weight excluding hydrogens is 270 g/mol. The summed E-state index contributed by atoms with van der Waals surface area (Å²) in [5, 5.41) is 4.45. The zero-order valence-corrected chi connectivity index (χ0v) is 11.7. The summed E-state index contributed by atoms with van der Waals surface area (Å²) >= 11 is 7.52. The van der Waals surface area contributed by atoms with Crippen LogP contribution in [0.3, 0.4) is 0 Å². The van der Waals surface area contributed by atoms with Gasteiger partial charge >= 0.3 is 0 Å². The Hall–Kier alpha value is -1.40. The van der Waals surface area contributed by atoms with Gasteiger partial charge in [-0.15, -0.1) is 11.3 Å². The predicted molar refractivity (Wildman–Crippen MR) is 75.0 cm³/mol. The van der Waals surface area contributed by atoms with E-state index in [4.69, 9.17) is 17.3 Å². The van der Waals surface area contributed by atoms with Gasteiger partial charge in [0, 0.05) is 11.1 Å². The summed E-state index contributed by atoms with van der Waals surface area (Å²) in [7, 11) is 0. The maximum absolute atomic E-state index is 5.84. The molecule has 0 aliphatic carbocycles. The molecule has 96 valence electrons. The number of nitrogens with two attached hydrogens (primary N) is 1. The molecule has 0 aliphatic rings. The Morgan fingerprint density at radius 2 is 2.22 bits per heavy atom. The smallest absolute Gasteiger partial charge is 0.157 e.